The van der Waals surface area contributed by atoms with Gasteiger partial charge in [-0.2, -0.15) is 0 Å². The molecule has 1 rings (SSSR count). The molecule has 0 aliphatic carbocycles. The van der Waals surface area contributed by atoms with E-state index in [9.17, 15) is 0 Å². The lowest BCUT2D eigenvalue weighted by molar-refractivity contribution is 0.0833. The highest BCUT2D eigenvalue weighted by Gasteiger charge is 2.03. The van der Waals surface area contributed by atoms with E-state index in [1.165, 1.54) is 0 Å². The Morgan fingerprint density at radius 1 is 1.29 bits per heavy atom. The summed E-state index contributed by atoms with van der Waals surface area (Å²) < 4.78 is 5.38. The lowest BCUT2D eigenvalue weighted by Crippen LogP contribution is -2.05. The molecule has 14 heavy (non-hydrogen) atoms. The van der Waals surface area contributed by atoms with Crippen molar-refractivity contribution in [2.75, 3.05) is 6.61 Å². The number of halogens is 1. The predicted molar refractivity (Wildman–Crippen MR) is 57.2 cm³/mol. The predicted octanol–water partition coefficient (Wildman–Crippen LogP) is 2.54. The van der Waals surface area contributed by atoms with Crippen molar-refractivity contribution in [2.24, 2.45) is 0 Å². The maximum absolute atomic E-state index is 8.59. The summed E-state index contributed by atoms with van der Waals surface area (Å²) in [7, 11) is 0. The molecule has 3 heteroatoms. The SMILES string of the molecule is OCCCC(Cl)OCc1ccccc1. The summed E-state index contributed by atoms with van der Waals surface area (Å²) in [5.74, 6) is 0. The fourth-order valence-corrected chi connectivity index (χ4v) is 1.31. The van der Waals surface area contributed by atoms with E-state index < -0.39 is 0 Å². The highest BCUT2D eigenvalue weighted by molar-refractivity contribution is 6.19. The van der Waals surface area contributed by atoms with Gasteiger partial charge in [-0.1, -0.05) is 41.9 Å². The second-order valence-electron chi connectivity index (χ2n) is 3.07. The van der Waals surface area contributed by atoms with Gasteiger partial charge in [0.1, 0.15) is 5.56 Å². The molecule has 0 heterocycles. The van der Waals surface area contributed by atoms with E-state index in [-0.39, 0.29) is 12.2 Å². The van der Waals surface area contributed by atoms with Crippen molar-refractivity contribution in [1.82, 2.24) is 0 Å². The molecule has 1 aromatic carbocycles. The van der Waals surface area contributed by atoms with Gasteiger partial charge in [-0.05, 0) is 18.4 Å². The van der Waals surface area contributed by atoms with Crippen LogP contribution in [-0.2, 0) is 11.3 Å². The molecule has 0 radical (unpaired) electrons. The molecular weight excluding hydrogens is 200 g/mol. The zero-order chi connectivity index (χ0) is 10.2. The molecule has 1 unspecified atom stereocenters. The Morgan fingerprint density at radius 2 is 2.00 bits per heavy atom. The number of rotatable bonds is 6. The van der Waals surface area contributed by atoms with Gasteiger partial charge in [0.05, 0.1) is 6.61 Å². The second kappa shape index (κ2) is 6.82. The zero-order valence-electron chi connectivity index (χ0n) is 8.03. The van der Waals surface area contributed by atoms with Crippen molar-refractivity contribution in [3.05, 3.63) is 35.9 Å². The zero-order valence-corrected chi connectivity index (χ0v) is 8.78. The molecular formula is C11H15ClO2. The Balaban J connectivity index is 2.20. The van der Waals surface area contributed by atoms with E-state index in [0.29, 0.717) is 19.4 Å². The average Bonchev–Trinajstić information content (AvgIpc) is 2.25. The molecule has 1 aromatic rings. The summed E-state index contributed by atoms with van der Waals surface area (Å²) in [5.41, 5.74) is 0.810. The van der Waals surface area contributed by atoms with Gasteiger partial charge in [-0.15, -0.1) is 0 Å². The Bertz CT molecular complexity index is 238. The minimum atomic E-state index is -0.303. The van der Waals surface area contributed by atoms with Gasteiger partial charge in [0.15, 0.2) is 0 Å². The first-order chi connectivity index (χ1) is 6.83. The molecule has 0 saturated carbocycles. The highest BCUT2D eigenvalue weighted by Crippen LogP contribution is 2.10. The normalized spacial score (nSPS) is 12.7. The molecule has 0 spiro atoms. The third-order valence-corrected chi connectivity index (χ3v) is 2.21. The average molecular weight is 215 g/mol. The van der Waals surface area contributed by atoms with E-state index in [1.54, 1.807) is 0 Å². The first-order valence-electron chi connectivity index (χ1n) is 4.73. The summed E-state index contributed by atoms with van der Waals surface area (Å²) in [5, 5.41) is 8.59. The number of hydrogen-bond acceptors (Lipinski definition) is 2. The van der Waals surface area contributed by atoms with Gasteiger partial charge in [-0.25, -0.2) is 0 Å². The summed E-state index contributed by atoms with van der Waals surface area (Å²) in [4.78, 5) is 0. The molecule has 0 bridgehead atoms. The minimum Gasteiger partial charge on any atom is -0.396 e. The Hall–Kier alpha value is -0.570. The monoisotopic (exact) mass is 214 g/mol. The molecule has 0 aliphatic rings. The second-order valence-corrected chi connectivity index (χ2v) is 3.56. The van der Waals surface area contributed by atoms with Crippen LogP contribution in [0.4, 0.5) is 0 Å². The van der Waals surface area contributed by atoms with Crippen LogP contribution in [-0.4, -0.2) is 17.3 Å². The molecule has 0 aromatic heterocycles. The van der Waals surface area contributed by atoms with Crippen LogP contribution in [0.3, 0.4) is 0 Å². The Labute approximate surface area is 89.5 Å². The molecule has 0 aliphatic heterocycles. The van der Waals surface area contributed by atoms with Crippen LogP contribution >= 0.6 is 11.6 Å². The standard InChI is InChI=1S/C11H15ClO2/c12-11(7-4-8-13)14-9-10-5-2-1-3-6-10/h1-3,5-6,11,13H,4,7-9H2. The van der Waals surface area contributed by atoms with Crippen LogP contribution < -0.4 is 0 Å². The topological polar surface area (TPSA) is 29.5 Å². The van der Waals surface area contributed by atoms with E-state index >= 15 is 0 Å². The minimum absolute atomic E-state index is 0.165. The van der Waals surface area contributed by atoms with Crippen LogP contribution in [0.25, 0.3) is 0 Å². The van der Waals surface area contributed by atoms with Gasteiger partial charge < -0.3 is 9.84 Å². The van der Waals surface area contributed by atoms with Crippen LogP contribution in [0.5, 0.6) is 0 Å². The summed E-state index contributed by atoms with van der Waals surface area (Å²) in [6, 6.07) is 9.89. The van der Waals surface area contributed by atoms with Crippen molar-refractivity contribution in [1.29, 1.82) is 0 Å². The Morgan fingerprint density at radius 3 is 2.64 bits per heavy atom. The van der Waals surface area contributed by atoms with Crippen LogP contribution in [0.2, 0.25) is 0 Å². The number of ether oxygens (including phenoxy) is 1. The van der Waals surface area contributed by atoms with Crippen LogP contribution in [0.15, 0.2) is 30.3 Å². The maximum Gasteiger partial charge on any atom is 0.131 e. The van der Waals surface area contributed by atoms with Crippen molar-refractivity contribution in [2.45, 2.75) is 25.0 Å². The Kier molecular flexibility index (Phi) is 5.60. The van der Waals surface area contributed by atoms with Gasteiger partial charge in [0.25, 0.3) is 0 Å². The molecule has 78 valence electrons. The lowest BCUT2D eigenvalue weighted by Gasteiger charge is -2.09. The molecule has 2 nitrogen and oxygen atoms in total. The first-order valence-corrected chi connectivity index (χ1v) is 5.17. The highest BCUT2D eigenvalue weighted by atomic mass is 35.5. The number of aliphatic hydroxyl groups is 1. The van der Waals surface area contributed by atoms with Gasteiger partial charge in [0.2, 0.25) is 0 Å². The van der Waals surface area contributed by atoms with E-state index in [2.05, 4.69) is 0 Å². The van der Waals surface area contributed by atoms with E-state index in [1.807, 2.05) is 30.3 Å². The van der Waals surface area contributed by atoms with E-state index in [0.717, 1.165) is 5.56 Å². The summed E-state index contributed by atoms with van der Waals surface area (Å²) >= 11 is 5.88. The summed E-state index contributed by atoms with van der Waals surface area (Å²) in [6.07, 6.45) is 1.37. The fraction of sp³-hybridized carbons (Fsp3) is 0.455. The van der Waals surface area contributed by atoms with E-state index in [4.69, 9.17) is 21.4 Å². The smallest absolute Gasteiger partial charge is 0.131 e. The third-order valence-electron chi connectivity index (χ3n) is 1.86. The largest absolute Gasteiger partial charge is 0.396 e. The molecule has 0 amide bonds. The number of aliphatic hydroxyl groups excluding tert-OH is 1. The third kappa shape index (κ3) is 4.61. The maximum atomic E-state index is 8.59. The first kappa shape index (κ1) is 11.5. The lowest BCUT2D eigenvalue weighted by atomic mass is 10.2. The van der Waals surface area contributed by atoms with Crippen molar-refractivity contribution in [3.8, 4) is 0 Å². The van der Waals surface area contributed by atoms with Crippen LogP contribution in [0, 0.1) is 0 Å². The fourth-order valence-electron chi connectivity index (χ4n) is 1.10. The number of alkyl halides is 1. The van der Waals surface area contributed by atoms with Crippen LogP contribution in [0.1, 0.15) is 18.4 Å². The number of benzene rings is 1. The molecule has 0 saturated heterocycles. The molecule has 1 N–H and O–H groups in total. The van der Waals surface area contributed by atoms with Gasteiger partial charge in [0, 0.05) is 6.61 Å². The van der Waals surface area contributed by atoms with Gasteiger partial charge >= 0.3 is 0 Å². The molecule has 0 fully saturated rings. The number of hydrogen-bond donors (Lipinski definition) is 1. The van der Waals surface area contributed by atoms with Crippen molar-refractivity contribution < 1.29 is 9.84 Å². The van der Waals surface area contributed by atoms with Crippen molar-refractivity contribution in [3.63, 3.8) is 0 Å². The van der Waals surface area contributed by atoms with Crippen molar-refractivity contribution >= 4 is 11.6 Å². The quantitative estimate of drug-likeness (QED) is 0.738. The molecule has 1 atom stereocenters. The summed E-state index contributed by atoms with van der Waals surface area (Å²) in [6.45, 7) is 0.693. The van der Waals surface area contributed by atoms with Gasteiger partial charge in [-0.3, -0.25) is 0 Å².